The van der Waals surface area contributed by atoms with Crippen molar-refractivity contribution in [3.8, 4) is 6.07 Å². The van der Waals surface area contributed by atoms with Crippen LogP contribution in [0.1, 0.15) is 25.6 Å². The Morgan fingerprint density at radius 3 is 2.64 bits per heavy atom. The van der Waals surface area contributed by atoms with Crippen LogP contribution in [0, 0.1) is 11.3 Å². The summed E-state index contributed by atoms with van der Waals surface area (Å²) in [7, 11) is 3.89. The van der Waals surface area contributed by atoms with E-state index >= 15 is 0 Å². The summed E-state index contributed by atoms with van der Waals surface area (Å²) in [5, 5.41) is 12.3. The predicted octanol–water partition coefficient (Wildman–Crippen LogP) is 0.932. The Morgan fingerprint density at radius 1 is 1.50 bits per heavy atom. The number of hydrogen-bond donors (Lipinski definition) is 0. The molecule has 0 unspecified atom stereocenters. The van der Waals surface area contributed by atoms with E-state index in [9.17, 15) is 0 Å². The summed E-state index contributed by atoms with van der Waals surface area (Å²) in [6.07, 6.45) is 0.163. The van der Waals surface area contributed by atoms with Crippen LogP contribution in [0.2, 0.25) is 0 Å². The molecule has 0 saturated carbocycles. The zero-order valence-electron chi connectivity index (χ0n) is 8.90. The van der Waals surface area contributed by atoms with Gasteiger partial charge in [0.2, 0.25) is 5.89 Å². The molecule has 0 fully saturated rings. The molecule has 5 heteroatoms. The first-order chi connectivity index (χ1) is 6.48. The molecule has 0 bridgehead atoms. The summed E-state index contributed by atoms with van der Waals surface area (Å²) in [6, 6.07) is 1.97. The maximum atomic E-state index is 8.45. The Hall–Kier alpha value is -1.41. The van der Waals surface area contributed by atoms with Gasteiger partial charge in [-0.1, -0.05) is 5.16 Å². The molecule has 0 radical (unpaired) electrons. The van der Waals surface area contributed by atoms with Gasteiger partial charge in [-0.05, 0) is 27.9 Å². The van der Waals surface area contributed by atoms with Crippen molar-refractivity contribution in [3.05, 3.63) is 11.7 Å². The third-order valence-electron chi connectivity index (χ3n) is 2.36. The van der Waals surface area contributed by atoms with E-state index in [4.69, 9.17) is 9.78 Å². The van der Waals surface area contributed by atoms with Crippen LogP contribution in [0.5, 0.6) is 0 Å². The van der Waals surface area contributed by atoms with Gasteiger partial charge in [-0.15, -0.1) is 0 Å². The van der Waals surface area contributed by atoms with Gasteiger partial charge < -0.3 is 4.52 Å². The Morgan fingerprint density at radius 2 is 2.14 bits per heavy atom. The summed E-state index contributed by atoms with van der Waals surface area (Å²) >= 11 is 0. The molecule has 76 valence electrons. The smallest absolute Gasteiger partial charge is 0.240 e. The quantitative estimate of drug-likeness (QED) is 0.716. The highest BCUT2D eigenvalue weighted by molar-refractivity contribution is 5.02. The van der Waals surface area contributed by atoms with Crippen LogP contribution in [-0.2, 0) is 12.0 Å². The van der Waals surface area contributed by atoms with Gasteiger partial charge in [0.15, 0.2) is 5.82 Å². The van der Waals surface area contributed by atoms with Crippen LogP contribution in [-0.4, -0.2) is 29.1 Å². The molecule has 0 aliphatic rings. The summed E-state index contributed by atoms with van der Waals surface area (Å²) in [6.45, 7) is 3.99. The van der Waals surface area contributed by atoms with Gasteiger partial charge >= 0.3 is 0 Å². The second-order valence-corrected chi connectivity index (χ2v) is 3.80. The molecule has 0 spiro atoms. The lowest BCUT2D eigenvalue weighted by atomic mass is 10.0. The van der Waals surface area contributed by atoms with Gasteiger partial charge in [-0.2, -0.15) is 10.2 Å². The fourth-order valence-electron chi connectivity index (χ4n) is 0.843. The van der Waals surface area contributed by atoms with Crippen LogP contribution in [0.15, 0.2) is 4.52 Å². The maximum absolute atomic E-state index is 8.45. The molecule has 14 heavy (non-hydrogen) atoms. The first-order valence-corrected chi connectivity index (χ1v) is 4.36. The Balaban J connectivity index is 2.92. The maximum Gasteiger partial charge on any atom is 0.240 e. The highest BCUT2D eigenvalue weighted by atomic mass is 16.5. The third kappa shape index (κ3) is 1.91. The van der Waals surface area contributed by atoms with Crippen LogP contribution >= 0.6 is 0 Å². The van der Waals surface area contributed by atoms with E-state index in [1.54, 1.807) is 0 Å². The van der Waals surface area contributed by atoms with Crippen LogP contribution in [0.4, 0.5) is 0 Å². The number of nitriles is 1. The molecule has 0 aliphatic carbocycles. The minimum absolute atomic E-state index is 0.163. The molecule has 0 amide bonds. The van der Waals surface area contributed by atoms with Gasteiger partial charge in [0, 0.05) is 0 Å². The topological polar surface area (TPSA) is 66.0 Å². The van der Waals surface area contributed by atoms with Gasteiger partial charge in [0.25, 0.3) is 0 Å². The molecular weight excluding hydrogens is 180 g/mol. The molecule has 0 atom stereocenters. The van der Waals surface area contributed by atoms with E-state index in [2.05, 4.69) is 10.1 Å². The summed E-state index contributed by atoms with van der Waals surface area (Å²) < 4.78 is 4.93. The molecule has 0 aliphatic heterocycles. The fraction of sp³-hybridized carbons (Fsp3) is 0.667. The Labute approximate surface area is 83.3 Å². The Bertz CT molecular complexity index is 348. The van der Waals surface area contributed by atoms with Crippen molar-refractivity contribution >= 4 is 0 Å². The van der Waals surface area contributed by atoms with E-state index < -0.39 is 0 Å². The minimum atomic E-state index is -0.281. The van der Waals surface area contributed by atoms with Crippen molar-refractivity contribution in [1.82, 2.24) is 15.0 Å². The molecule has 1 rings (SSSR count). The fourth-order valence-corrected chi connectivity index (χ4v) is 0.843. The molecule has 0 saturated heterocycles. The minimum Gasteiger partial charge on any atom is -0.338 e. The van der Waals surface area contributed by atoms with E-state index in [1.807, 2.05) is 38.9 Å². The van der Waals surface area contributed by atoms with E-state index in [0.717, 1.165) is 0 Å². The first-order valence-electron chi connectivity index (χ1n) is 4.36. The number of rotatable bonds is 3. The largest absolute Gasteiger partial charge is 0.338 e. The Kier molecular flexibility index (Phi) is 2.87. The van der Waals surface area contributed by atoms with Crippen molar-refractivity contribution in [1.29, 1.82) is 5.26 Å². The van der Waals surface area contributed by atoms with Gasteiger partial charge in [0.1, 0.15) is 6.42 Å². The monoisotopic (exact) mass is 194 g/mol. The third-order valence-corrected chi connectivity index (χ3v) is 2.36. The lowest BCUT2D eigenvalue weighted by Crippen LogP contribution is -2.36. The lowest BCUT2D eigenvalue weighted by molar-refractivity contribution is 0.180. The number of aromatic nitrogens is 2. The van der Waals surface area contributed by atoms with Crippen LogP contribution in [0.25, 0.3) is 0 Å². The lowest BCUT2D eigenvalue weighted by Gasteiger charge is -2.28. The number of nitrogens with zero attached hydrogens (tertiary/aromatic N) is 4. The molecular formula is C9H14N4O. The molecule has 0 aromatic carbocycles. The van der Waals surface area contributed by atoms with E-state index in [-0.39, 0.29) is 12.0 Å². The second kappa shape index (κ2) is 3.76. The van der Waals surface area contributed by atoms with Gasteiger partial charge in [-0.3, -0.25) is 4.90 Å². The molecule has 5 nitrogen and oxygen atoms in total. The summed E-state index contributed by atoms with van der Waals surface area (Å²) in [5.74, 6) is 0.977. The summed E-state index contributed by atoms with van der Waals surface area (Å²) in [4.78, 5) is 6.15. The van der Waals surface area contributed by atoms with Gasteiger partial charge in [-0.25, -0.2) is 0 Å². The zero-order chi connectivity index (χ0) is 10.8. The predicted molar refractivity (Wildman–Crippen MR) is 50.3 cm³/mol. The normalized spacial score (nSPS) is 11.7. The number of hydrogen-bond acceptors (Lipinski definition) is 5. The molecule has 0 N–H and O–H groups in total. The van der Waals surface area contributed by atoms with Crippen molar-refractivity contribution in [2.45, 2.75) is 25.8 Å². The average molecular weight is 194 g/mol. The standard InChI is InChI=1S/C9H14N4O/c1-9(2,13(3)4)8-11-7(5-6-10)14-12-8/h5H2,1-4H3. The van der Waals surface area contributed by atoms with Crippen LogP contribution in [0.3, 0.4) is 0 Å². The van der Waals surface area contributed by atoms with Crippen molar-refractivity contribution in [3.63, 3.8) is 0 Å². The van der Waals surface area contributed by atoms with E-state index in [1.165, 1.54) is 0 Å². The molecule has 1 aromatic heterocycles. The zero-order valence-corrected chi connectivity index (χ0v) is 8.90. The molecule has 1 aromatic rings. The highest BCUT2D eigenvalue weighted by Crippen LogP contribution is 2.21. The van der Waals surface area contributed by atoms with E-state index in [0.29, 0.717) is 11.7 Å². The van der Waals surface area contributed by atoms with Crippen LogP contribution < -0.4 is 0 Å². The van der Waals surface area contributed by atoms with Crippen molar-refractivity contribution in [2.24, 2.45) is 0 Å². The van der Waals surface area contributed by atoms with Crippen molar-refractivity contribution in [2.75, 3.05) is 14.1 Å². The molecule has 1 heterocycles. The highest BCUT2D eigenvalue weighted by Gasteiger charge is 2.28. The second-order valence-electron chi connectivity index (χ2n) is 3.80. The average Bonchev–Trinajstić information content (AvgIpc) is 2.53. The van der Waals surface area contributed by atoms with Crippen molar-refractivity contribution < 1.29 is 4.52 Å². The van der Waals surface area contributed by atoms with Gasteiger partial charge in [0.05, 0.1) is 11.6 Å². The summed E-state index contributed by atoms with van der Waals surface area (Å²) in [5.41, 5.74) is -0.281. The SMILES string of the molecule is CN(C)C(C)(C)c1noc(CC#N)n1. The first kappa shape index (κ1) is 10.7.